The second kappa shape index (κ2) is 7.02. The lowest BCUT2D eigenvalue weighted by Crippen LogP contribution is -2.22. The molecule has 0 aliphatic heterocycles. The first-order valence-corrected chi connectivity index (χ1v) is 8.64. The fourth-order valence-electron chi connectivity index (χ4n) is 2.48. The average molecular weight is 327 g/mol. The molecule has 0 amide bonds. The standard InChI is InChI=1S/C17H21N5S/c1-4-17-20-15(10-23-17)9-21(3)13(2)14-5-7-16(8-6-14)22-12-18-11-19-22/h5-8,10-13H,4,9H2,1-3H3. The topological polar surface area (TPSA) is 46.8 Å². The summed E-state index contributed by atoms with van der Waals surface area (Å²) in [5, 5.41) is 7.52. The van der Waals surface area contributed by atoms with E-state index in [2.05, 4.69) is 70.5 Å². The van der Waals surface area contributed by atoms with E-state index < -0.39 is 0 Å². The molecule has 0 aliphatic carbocycles. The first-order valence-electron chi connectivity index (χ1n) is 7.76. The first kappa shape index (κ1) is 15.8. The lowest BCUT2D eigenvalue weighted by Gasteiger charge is -2.24. The Morgan fingerprint density at radius 1 is 1.26 bits per heavy atom. The van der Waals surface area contributed by atoms with Crippen molar-refractivity contribution in [3.63, 3.8) is 0 Å². The van der Waals surface area contributed by atoms with E-state index in [1.165, 1.54) is 10.6 Å². The molecular formula is C17H21N5S. The second-order valence-electron chi connectivity index (χ2n) is 5.61. The van der Waals surface area contributed by atoms with Crippen LogP contribution in [0.25, 0.3) is 5.69 Å². The largest absolute Gasteiger partial charge is 0.294 e. The highest BCUT2D eigenvalue weighted by Crippen LogP contribution is 2.22. The zero-order valence-electron chi connectivity index (χ0n) is 13.7. The molecule has 1 unspecified atom stereocenters. The summed E-state index contributed by atoms with van der Waals surface area (Å²) in [7, 11) is 2.14. The van der Waals surface area contributed by atoms with E-state index >= 15 is 0 Å². The maximum atomic E-state index is 4.65. The highest BCUT2D eigenvalue weighted by Gasteiger charge is 2.13. The van der Waals surface area contributed by atoms with Gasteiger partial charge in [0.25, 0.3) is 0 Å². The number of nitrogens with zero attached hydrogens (tertiary/aromatic N) is 5. The summed E-state index contributed by atoms with van der Waals surface area (Å²) in [6, 6.07) is 8.78. The fraction of sp³-hybridized carbons (Fsp3) is 0.353. The number of benzene rings is 1. The molecule has 6 heteroatoms. The Balaban J connectivity index is 1.68. The second-order valence-corrected chi connectivity index (χ2v) is 6.55. The Hall–Kier alpha value is -2.05. The van der Waals surface area contributed by atoms with E-state index in [4.69, 9.17) is 0 Å². The maximum absolute atomic E-state index is 4.65. The van der Waals surface area contributed by atoms with Gasteiger partial charge in [0.2, 0.25) is 0 Å². The van der Waals surface area contributed by atoms with Crippen molar-refractivity contribution in [2.24, 2.45) is 0 Å². The zero-order chi connectivity index (χ0) is 16.2. The number of hydrogen-bond donors (Lipinski definition) is 0. The van der Waals surface area contributed by atoms with Gasteiger partial charge in [-0.1, -0.05) is 19.1 Å². The molecule has 3 aromatic rings. The molecule has 2 heterocycles. The van der Waals surface area contributed by atoms with Crippen molar-refractivity contribution >= 4 is 11.3 Å². The summed E-state index contributed by atoms with van der Waals surface area (Å²) in [5.41, 5.74) is 3.45. The van der Waals surface area contributed by atoms with Crippen molar-refractivity contribution in [3.8, 4) is 5.69 Å². The van der Waals surface area contributed by atoms with Crippen molar-refractivity contribution in [2.45, 2.75) is 32.9 Å². The summed E-state index contributed by atoms with van der Waals surface area (Å²) in [5.74, 6) is 0. The van der Waals surface area contributed by atoms with E-state index in [9.17, 15) is 0 Å². The van der Waals surface area contributed by atoms with Gasteiger partial charge in [-0.15, -0.1) is 11.3 Å². The Morgan fingerprint density at radius 3 is 2.65 bits per heavy atom. The van der Waals surface area contributed by atoms with Crippen molar-refractivity contribution < 1.29 is 0 Å². The van der Waals surface area contributed by atoms with Gasteiger partial charge in [0.1, 0.15) is 12.7 Å². The molecule has 0 saturated carbocycles. The minimum absolute atomic E-state index is 0.326. The van der Waals surface area contributed by atoms with Crippen LogP contribution in [0.3, 0.4) is 0 Å². The molecule has 23 heavy (non-hydrogen) atoms. The van der Waals surface area contributed by atoms with Crippen LogP contribution in [-0.2, 0) is 13.0 Å². The third-order valence-corrected chi connectivity index (χ3v) is 5.08. The molecule has 0 N–H and O–H groups in total. The van der Waals surface area contributed by atoms with Crippen molar-refractivity contribution in [3.05, 3.63) is 58.6 Å². The molecule has 3 rings (SSSR count). The van der Waals surface area contributed by atoms with Crippen LogP contribution in [-0.4, -0.2) is 31.7 Å². The molecule has 5 nitrogen and oxygen atoms in total. The van der Waals surface area contributed by atoms with Crippen LogP contribution in [0.4, 0.5) is 0 Å². The van der Waals surface area contributed by atoms with Crippen LogP contribution in [0, 0.1) is 0 Å². The predicted octanol–water partition coefficient (Wildman–Crippen LogP) is 3.48. The molecule has 2 aromatic heterocycles. The van der Waals surface area contributed by atoms with Crippen molar-refractivity contribution in [2.75, 3.05) is 7.05 Å². The van der Waals surface area contributed by atoms with Crippen LogP contribution in [0.5, 0.6) is 0 Å². The fourth-order valence-corrected chi connectivity index (χ4v) is 3.21. The van der Waals surface area contributed by atoms with Gasteiger partial charge < -0.3 is 0 Å². The van der Waals surface area contributed by atoms with E-state index in [0.29, 0.717) is 6.04 Å². The molecule has 0 spiro atoms. The molecule has 0 radical (unpaired) electrons. The van der Waals surface area contributed by atoms with Crippen LogP contribution in [0.1, 0.15) is 36.2 Å². The van der Waals surface area contributed by atoms with Crippen LogP contribution in [0.15, 0.2) is 42.3 Å². The van der Waals surface area contributed by atoms with Gasteiger partial charge in [0, 0.05) is 18.0 Å². The molecule has 120 valence electrons. The number of aromatic nitrogens is 4. The van der Waals surface area contributed by atoms with E-state index in [-0.39, 0.29) is 0 Å². The SMILES string of the molecule is CCc1nc(CN(C)C(C)c2ccc(-n3cncn3)cc2)cs1. The van der Waals surface area contributed by atoms with Crippen LogP contribution < -0.4 is 0 Å². The van der Waals surface area contributed by atoms with Crippen LogP contribution in [0.2, 0.25) is 0 Å². The summed E-state index contributed by atoms with van der Waals surface area (Å²) in [6.45, 7) is 5.23. The molecular weight excluding hydrogens is 306 g/mol. The van der Waals surface area contributed by atoms with E-state index in [1.807, 2.05) is 0 Å². The monoisotopic (exact) mass is 327 g/mol. The molecule has 0 saturated heterocycles. The minimum atomic E-state index is 0.326. The number of hydrogen-bond acceptors (Lipinski definition) is 5. The van der Waals surface area contributed by atoms with Gasteiger partial charge in [-0.3, -0.25) is 4.90 Å². The van der Waals surface area contributed by atoms with Gasteiger partial charge in [-0.2, -0.15) is 5.10 Å². The predicted molar refractivity (Wildman–Crippen MR) is 92.7 cm³/mol. The number of thiazole rings is 1. The number of rotatable bonds is 6. The van der Waals surface area contributed by atoms with Crippen LogP contribution >= 0.6 is 11.3 Å². The highest BCUT2D eigenvalue weighted by molar-refractivity contribution is 7.09. The normalized spacial score (nSPS) is 12.7. The zero-order valence-corrected chi connectivity index (χ0v) is 14.5. The smallest absolute Gasteiger partial charge is 0.138 e. The Labute approximate surface area is 140 Å². The summed E-state index contributed by atoms with van der Waals surface area (Å²) < 4.78 is 1.76. The van der Waals surface area contributed by atoms with Gasteiger partial charge in [-0.25, -0.2) is 14.6 Å². The van der Waals surface area contributed by atoms with Gasteiger partial charge in [0.15, 0.2) is 0 Å². The maximum Gasteiger partial charge on any atom is 0.138 e. The van der Waals surface area contributed by atoms with E-state index in [1.54, 1.807) is 28.7 Å². The van der Waals surface area contributed by atoms with Gasteiger partial charge in [-0.05, 0) is 38.1 Å². The molecule has 0 aliphatic rings. The third kappa shape index (κ3) is 3.65. The Kier molecular flexibility index (Phi) is 4.83. The number of aryl methyl sites for hydroxylation is 1. The molecule has 0 fully saturated rings. The third-order valence-electron chi connectivity index (χ3n) is 4.03. The molecule has 0 bridgehead atoms. The van der Waals surface area contributed by atoms with Gasteiger partial charge in [0.05, 0.1) is 16.4 Å². The lowest BCUT2D eigenvalue weighted by atomic mass is 10.1. The van der Waals surface area contributed by atoms with Gasteiger partial charge >= 0.3 is 0 Å². The van der Waals surface area contributed by atoms with E-state index in [0.717, 1.165) is 24.3 Å². The average Bonchev–Trinajstić information content (AvgIpc) is 3.26. The molecule has 1 atom stereocenters. The summed E-state index contributed by atoms with van der Waals surface area (Å²) in [4.78, 5) is 10.9. The lowest BCUT2D eigenvalue weighted by molar-refractivity contribution is 0.250. The van der Waals surface area contributed by atoms with Crippen molar-refractivity contribution in [1.29, 1.82) is 0 Å². The Morgan fingerprint density at radius 2 is 2.04 bits per heavy atom. The Bertz CT molecular complexity index is 733. The van der Waals surface area contributed by atoms with Crippen molar-refractivity contribution in [1.82, 2.24) is 24.6 Å². The minimum Gasteiger partial charge on any atom is -0.294 e. The summed E-state index contributed by atoms with van der Waals surface area (Å²) in [6.07, 6.45) is 4.26. The first-order chi connectivity index (χ1) is 11.2. The quantitative estimate of drug-likeness (QED) is 0.695. The molecule has 1 aromatic carbocycles. The summed E-state index contributed by atoms with van der Waals surface area (Å²) >= 11 is 1.75. The highest BCUT2D eigenvalue weighted by atomic mass is 32.1.